The number of carbonyl (C=O) groups excluding carboxylic acids is 8. The maximum absolute atomic E-state index is 14.1. The van der Waals surface area contributed by atoms with Crippen LogP contribution in [0.5, 0.6) is 0 Å². The van der Waals surface area contributed by atoms with E-state index in [0.717, 1.165) is 12.8 Å². The van der Waals surface area contributed by atoms with Crippen LogP contribution in [0.2, 0.25) is 0 Å². The van der Waals surface area contributed by atoms with Gasteiger partial charge in [0.05, 0.1) is 49.6 Å². The van der Waals surface area contributed by atoms with E-state index in [9.17, 15) is 38.4 Å². The molecule has 0 amide bonds. The number of fused-ring (bicyclic) bond motifs is 2. The van der Waals surface area contributed by atoms with Gasteiger partial charge in [0.15, 0.2) is 11.6 Å². The molecule has 0 spiro atoms. The SMILES string of the molecule is CCC(COC(=O)CCCCC(=O)OCCOCCOC(=O)CCCCCO)Nc1ccc(NC(CC)COC(=O)CCCCC(=O)OCCOCCOC(=O)CCCCCO)c2c1C(=O)c1ccccc1C2=O. The standard InChI is InChI=1S/C54H78N2O18/c1-3-39(37-73-49(63)23-13-11-21-47(61)71-35-31-67-29-33-69-45(59)19-7-5-15-27-57)55-43-25-26-44(52-51(43)53(65)41-17-9-10-18-42(41)54(52)66)56-40(4-2)38-74-50(64)24-14-12-22-48(62)72-36-32-68-30-34-70-46(60)20-8-6-16-28-58/h9-10,17-18,25-26,39-40,55-58H,3-8,11-16,19-24,27-38H2,1-2H3. The fraction of sp³-hybridized carbons (Fsp3) is 0.630. The molecular formula is C54H78N2O18. The summed E-state index contributed by atoms with van der Waals surface area (Å²) in [5.41, 5.74) is 1.65. The Hall–Kier alpha value is -5.96. The minimum Gasteiger partial charge on any atom is -0.463 e. The summed E-state index contributed by atoms with van der Waals surface area (Å²) in [6.45, 7) is 4.84. The van der Waals surface area contributed by atoms with Gasteiger partial charge in [-0.1, -0.05) is 51.0 Å². The van der Waals surface area contributed by atoms with Crippen molar-refractivity contribution < 1.29 is 86.5 Å². The number of rotatable bonds is 42. The third-order valence-electron chi connectivity index (χ3n) is 11.7. The quantitative estimate of drug-likeness (QED) is 0.0273. The van der Waals surface area contributed by atoms with Gasteiger partial charge in [0.25, 0.3) is 0 Å². The summed E-state index contributed by atoms with van der Waals surface area (Å²) < 4.78 is 42.3. The Labute approximate surface area is 434 Å². The molecule has 4 N–H and O–H groups in total. The monoisotopic (exact) mass is 1040 g/mol. The first-order valence-electron chi connectivity index (χ1n) is 26.1. The first kappa shape index (κ1) is 62.3. The first-order valence-corrected chi connectivity index (χ1v) is 26.1. The molecule has 3 rings (SSSR count). The van der Waals surface area contributed by atoms with Crippen LogP contribution < -0.4 is 10.6 Å². The van der Waals surface area contributed by atoms with Crippen molar-refractivity contribution in [3.05, 3.63) is 58.7 Å². The summed E-state index contributed by atoms with van der Waals surface area (Å²) >= 11 is 0. The van der Waals surface area contributed by atoms with Crippen LogP contribution in [0.15, 0.2) is 36.4 Å². The van der Waals surface area contributed by atoms with Crippen LogP contribution in [0, 0.1) is 0 Å². The summed E-state index contributed by atoms with van der Waals surface area (Å²) in [6, 6.07) is 9.14. The minimum absolute atomic E-state index is 0.0190. The number of carbonyl (C=O) groups is 8. The number of benzene rings is 2. The van der Waals surface area contributed by atoms with Crippen molar-refractivity contribution in [1.82, 2.24) is 0 Å². The molecule has 0 heterocycles. The van der Waals surface area contributed by atoms with E-state index in [1.165, 1.54) is 0 Å². The van der Waals surface area contributed by atoms with Crippen molar-refractivity contribution >= 4 is 58.8 Å². The van der Waals surface area contributed by atoms with Crippen molar-refractivity contribution in [3.63, 3.8) is 0 Å². The number of ether oxygens (including phenoxy) is 8. The molecule has 0 bridgehead atoms. The van der Waals surface area contributed by atoms with E-state index in [2.05, 4.69) is 10.6 Å². The van der Waals surface area contributed by atoms with Gasteiger partial charge in [-0.25, -0.2) is 0 Å². The Morgan fingerprint density at radius 3 is 1.01 bits per heavy atom. The molecule has 0 aromatic heterocycles. The first-order chi connectivity index (χ1) is 35.9. The summed E-state index contributed by atoms with van der Waals surface area (Å²) in [6.07, 6.45) is 7.67. The Bertz CT molecular complexity index is 1920. The lowest BCUT2D eigenvalue weighted by Crippen LogP contribution is -2.31. The molecule has 0 fully saturated rings. The molecule has 2 atom stereocenters. The molecule has 0 saturated heterocycles. The molecule has 20 nitrogen and oxygen atoms in total. The number of ketones is 2. The number of hydrogen-bond donors (Lipinski definition) is 4. The van der Waals surface area contributed by atoms with E-state index < -0.39 is 36.0 Å². The van der Waals surface area contributed by atoms with Crippen molar-refractivity contribution in [1.29, 1.82) is 0 Å². The van der Waals surface area contributed by atoms with Crippen LogP contribution in [0.4, 0.5) is 11.4 Å². The molecule has 1 aliphatic rings. The fourth-order valence-electron chi connectivity index (χ4n) is 7.50. The second-order valence-corrected chi connectivity index (χ2v) is 17.6. The number of hydrogen-bond acceptors (Lipinski definition) is 20. The zero-order chi connectivity index (χ0) is 53.8. The second kappa shape index (κ2) is 37.7. The van der Waals surface area contributed by atoms with Crippen molar-refractivity contribution in [3.8, 4) is 0 Å². The molecule has 0 radical (unpaired) electrons. The van der Waals surface area contributed by atoms with Crippen molar-refractivity contribution in [2.75, 3.05) is 89.9 Å². The smallest absolute Gasteiger partial charge is 0.305 e. The summed E-state index contributed by atoms with van der Waals surface area (Å²) in [5, 5.41) is 24.2. The third kappa shape index (κ3) is 24.8. The number of esters is 6. The Balaban J connectivity index is 1.40. The highest BCUT2D eigenvalue weighted by molar-refractivity contribution is 6.32. The molecule has 0 saturated carbocycles. The van der Waals surface area contributed by atoms with Gasteiger partial charge in [0, 0.05) is 74.2 Å². The van der Waals surface area contributed by atoms with E-state index in [-0.39, 0.29) is 164 Å². The van der Waals surface area contributed by atoms with Gasteiger partial charge in [0.1, 0.15) is 39.6 Å². The molecule has 20 heteroatoms. The average Bonchev–Trinajstić information content (AvgIpc) is 3.40. The Kier molecular flexibility index (Phi) is 31.8. The average molecular weight is 1040 g/mol. The molecule has 2 unspecified atom stereocenters. The zero-order valence-electron chi connectivity index (χ0n) is 43.3. The van der Waals surface area contributed by atoms with E-state index in [0.29, 0.717) is 75.6 Å². The van der Waals surface area contributed by atoms with Crippen LogP contribution in [-0.4, -0.2) is 149 Å². The lowest BCUT2D eigenvalue weighted by Gasteiger charge is -2.27. The van der Waals surface area contributed by atoms with Crippen molar-refractivity contribution in [2.24, 2.45) is 0 Å². The number of aliphatic hydroxyl groups is 2. The predicted molar refractivity (Wildman–Crippen MR) is 271 cm³/mol. The minimum atomic E-state index is -0.456. The van der Waals surface area contributed by atoms with Crippen LogP contribution >= 0.6 is 0 Å². The van der Waals surface area contributed by atoms with Crippen molar-refractivity contribution in [2.45, 2.75) is 142 Å². The Morgan fingerprint density at radius 2 is 0.716 bits per heavy atom. The van der Waals surface area contributed by atoms with E-state index >= 15 is 0 Å². The summed E-state index contributed by atoms with van der Waals surface area (Å²) in [7, 11) is 0. The van der Waals surface area contributed by atoms with Gasteiger partial charge >= 0.3 is 35.8 Å². The van der Waals surface area contributed by atoms with Crippen LogP contribution in [0.1, 0.15) is 161 Å². The van der Waals surface area contributed by atoms with E-state index in [4.69, 9.17) is 48.1 Å². The fourth-order valence-corrected chi connectivity index (χ4v) is 7.50. The summed E-state index contributed by atoms with van der Waals surface area (Å²) in [5.74, 6) is -3.13. The molecule has 2 aromatic rings. The number of nitrogens with one attached hydrogen (secondary N) is 2. The summed E-state index contributed by atoms with van der Waals surface area (Å²) in [4.78, 5) is 101. The lowest BCUT2D eigenvalue weighted by molar-refractivity contribution is -0.148. The molecule has 0 aliphatic heterocycles. The van der Waals surface area contributed by atoms with Crippen LogP contribution in [0.25, 0.3) is 0 Å². The maximum Gasteiger partial charge on any atom is 0.305 e. The Morgan fingerprint density at radius 1 is 0.419 bits per heavy atom. The van der Waals surface area contributed by atoms with Gasteiger partial charge in [-0.15, -0.1) is 0 Å². The van der Waals surface area contributed by atoms with Gasteiger partial charge in [-0.3, -0.25) is 38.4 Å². The van der Waals surface area contributed by atoms with Crippen LogP contribution in [-0.2, 0) is 66.7 Å². The third-order valence-corrected chi connectivity index (χ3v) is 11.7. The van der Waals surface area contributed by atoms with Crippen LogP contribution in [0.3, 0.4) is 0 Å². The van der Waals surface area contributed by atoms with E-state index in [1.54, 1.807) is 36.4 Å². The second-order valence-electron chi connectivity index (χ2n) is 17.6. The number of aliphatic hydroxyl groups excluding tert-OH is 2. The molecule has 74 heavy (non-hydrogen) atoms. The largest absolute Gasteiger partial charge is 0.463 e. The predicted octanol–water partition coefficient (Wildman–Crippen LogP) is 6.36. The normalized spacial score (nSPS) is 12.4. The van der Waals surface area contributed by atoms with Gasteiger partial charge in [-0.2, -0.15) is 0 Å². The topological polar surface area (TPSA) is 275 Å². The highest BCUT2D eigenvalue weighted by Gasteiger charge is 2.35. The van der Waals surface area contributed by atoms with Gasteiger partial charge in [0.2, 0.25) is 0 Å². The highest BCUT2D eigenvalue weighted by atomic mass is 16.6. The van der Waals surface area contributed by atoms with Gasteiger partial charge in [-0.05, 0) is 76.3 Å². The highest BCUT2D eigenvalue weighted by Crippen LogP contribution is 2.37. The lowest BCUT2D eigenvalue weighted by atomic mass is 9.82. The maximum atomic E-state index is 14.1. The number of unbranched alkanes of at least 4 members (excludes halogenated alkanes) is 6. The van der Waals surface area contributed by atoms with E-state index in [1.807, 2.05) is 13.8 Å². The van der Waals surface area contributed by atoms with Gasteiger partial charge < -0.3 is 58.7 Å². The zero-order valence-corrected chi connectivity index (χ0v) is 43.3. The molecule has 412 valence electrons. The molecule has 2 aromatic carbocycles. The molecule has 1 aliphatic carbocycles. The molecular weight excluding hydrogens is 965 g/mol. The number of anilines is 2.